The smallest absolute Gasteiger partial charge is 0.262 e. The number of anilines is 1. The lowest BCUT2D eigenvalue weighted by atomic mass is 10.1. The van der Waals surface area contributed by atoms with E-state index in [0.717, 1.165) is 5.56 Å². The highest BCUT2D eigenvalue weighted by molar-refractivity contribution is 7.92. The van der Waals surface area contributed by atoms with E-state index in [2.05, 4.69) is 14.8 Å². The minimum Gasteiger partial charge on any atom is -0.492 e. The molecule has 0 atom stereocenters. The lowest BCUT2D eigenvalue weighted by Crippen LogP contribution is -2.14. The number of nitrogens with zero attached hydrogens (tertiary/aromatic N) is 3. The predicted molar refractivity (Wildman–Crippen MR) is 115 cm³/mol. The molecule has 0 aliphatic heterocycles. The van der Waals surface area contributed by atoms with Crippen LogP contribution in [0.4, 0.5) is 5.69 Å². The van der Waals surface area contributed by atoms with Crippen molar-refractivity contribution in [2.24, 2.45) is 0 Å². The van der Waals surface area contributed by atoms with Crippen LogP contribution in [0.1, 0.15) is 0 Å². The quantitative estimate of drug-likeness (QED) is 0.468. The lowest BCUT2D eigenvalue weighted by molar-refractivity contribution is 0.291. The van der Waals surface area contributed by atoms with Crippen LogP contribution in [0.15, 0.2) is 96.4 Å². The normalized spacial score (nSPS) is 11.2. The first kappa shape index (κ1) is 19.7. The highest BCUT2D eigenvalue weighted by Gasteiger charge is 2.19. The van der Waals surface area contributed by atoms with Gasteiger partial charge in [-0.3, -0.25) is 4.72 Å². The maximum absolute atomic E-state index is 13.1. The van der Waals surface area contributed by atoms with E-state index in [0.29, 0.717) is 30.2 Å². The molecule has 3 aromatic carbocycles. The molecule has 4 aromatic rings. The summed E-state index contributed by atoms with van der Waals surface area (Å²) < 4.78 is 36.2. The van der Waals surface area contributed by atoms with Crippen molar-refractivity contribution < 1.29 is 13.2 Å². The molecule has 1 aromatic heterocycles. The highest BCUT2D eigenvalue weighted by atomic mass is 32.2. The molecule has 0 aliphatic carbocycles. The average Bonchev–Trinajstić information content (AvgIpc) is 3.28. The minimum absolute atomic E-state index is 0.216. The number of nitrogens with one attached hydrogen (secondary N) is 1. The van der Waals surface area contributed by atoms with Crippen molar-refractivity contribution in [3.63, 3.8) is 0 Å². The van der Waals surface area contributed by atoms with Gasteiger partial charge in [0, 0.05) is 11.6 Å². The summed E-state index contributed by atoms with van der Waals surface area (Å²) in [5, 5.41) is 4.01. The summed E-state index contributed by atoms with van der Waals surface area (Å²) in [6, 6.07) is 23.2. The van der Waals surface area contributed by atoms with Gasteiger partial charge in [-0.15, -0.1) is 0 Å². The molecule has 0 spiro atoms. The van der Waals surface area contributed by atoms with Gasteiger partial charge in [-0.05, 0) is 23.8 Å². The molecule has 30 heavy (non-hydrogen) atoms. The van der Waals surface area contributed by atoms with Crippen molar-refractivity contribution in [3.8, 4) is 16.9 Å². The summed E-state index contributed by atoms with van der Waals surface area (Å²) in [5.41, 5.74) is 1.91. The van der Waals surface area contributed by atoms with Crippen molar-refractivity contribution in [1.82, 2.24) is 14.8 Å². The number of hydrogen-bond acceptors (Lipinski definition) is 5. The zero-order chi connectivity index (χ0) is 20.8. The summed E-state index contributed by atoms with van der Waals surface area (Å²) in [6.07, 6.45) is 3.07. The Morgan fingerprint density at radius 1 is 0.933 bits per heavy atom. The summed E-state index contributed by atoms with van der Waals surface area (Å²) in [6.45, 7) is 0.927. The van der Waals surface area contributed by atoms with E-state index in [4.69, 9.17) is 4.74 Å². The third kappa shape index (κ3) is 4.66. The number of benzene rings is 3. The van der Waals surface area contributed by atoms with Gasteiger partial charge >= 0.3 is 0 Å². The van der Waals surface area contributed by atoms with Crippen LogP contribution in [0.3, 0.4) is 0 Å². The van der Waals surface area contributed by atoms with Crippen LogP contribution in [0, 0.1) is 0 Å². The second-order valence-corrected chi connectivity index (χ2v) is 8.15. The molecule has 1 N–H and O–H groups in total. The first-order valence-corrected chi connectivity index (χ1v) is 10.8. The van der Waals surface area contributed by atoms with E-state index < -0.39 is 10.0 Å². The molecule has 0 aliphatic rings. The first-order valence-electron chi connectivity index (χ1n) is 9.34. The summed E-state index contributed by atoms with van der Waals surface area (Å²) in [7, 11) is -3.79. The Hall–Kier alpha value is -3.65. The fourth-order valence-electron chi connectivity index (χ4n) is 3.02. The van der Waals surface area contributed by atoms with Gasteiger partial charge in [0.1, 0.15) is 25.0 Å². The molecular weight excluding hydrogens is 400 g/mol. The topological polar surface area (TPSA) is 86.1 Å². The second kappa shape index (κ2) is 8.79. The molecule has 0 fully saturated rings. The third-order valence-electron chi connectivity index (χ3n) is 4.40. The number of hydrogen-bond donors (Lipinski definition) is 1. The van der Waals surface area contributed by atoms with E-state index >= 15 is 0 Å². The van der Waals surface area contributed by atoms with Gasteiger partial charge in [-0.25, -0.2) is 18.1 Å². The van der Waals surface area contributed by atoms with Crippen molar-refractivity contribution in [2.75, 3.05) is 11.3 Å². The van der Waals surface area contributed by atoms with Crippen LogP contribution in [0.5, 0.6) is 5.75 Å². The Labute approximate surface area is 175 Å². The van der Waals surface area contributed by atoms with Crippen molar-refractivity contribution in [2.45, 2.75) is 11.4 Å². The molecule has 4 rings (SSSR count). The predicted octanol–water partition coefficient (Wildman–Crippen LogP) is 3.82. The summed E-state index contributed by atoms with van der Waals surface area (Å²) >= 11 is 0. The monoisotopic (exact) mass is 420 g/mol. The van der Waals surface area contributed by atoms with Gasteiger partial charge in [-0.1, -0.05) is 54.6 Å². The highest BCUT2D eigenvalue weighted by Crippen LogP contribution is 2.29. The van der Waals surface area contributed by atoms with Gasteiger partial charge in [0.15, 0.2) is 0 Å². The molecule has 0 bridgehead atoms. The van der Waals surface area contributed by atoms with E-state index in [-0.39, 0.29) is 4.90 Å². The molecular formula is C22H20N4O3S. The molecule has 0 saturated heterocycles. The van der Waals surface area contributed by atoms with E-state index in [1.165, 1.54) is 6.33 Å². The summed E-state index contributed by atoms with van der Waals surface area (Å²) in [4.78, 5) is 4.10. The fourth-order valence-corrected chi connectivity index (χ4v) is 4.30. The maximum atomic E-state index is 13.1. The number of sulfonamides is 1. The number of rotatable bonds is 8. The van der Waals surface area contributed by atoms with Crippen LogP contribution in [0.2, 0.25) is 0 Å². The van der Waals surface area contributed by atoms with Crippen LogP contribution in [0.25, 0.3) is 11.1 Å². The Balaban J connectivity index is 1.52. The maximum Gasteiger partial charge on any atom is 0.262 e. The molecule has 0 radical (unpaired) electrons. The van der Waals surface area contributed by atoms with Crippen LogP contribution >= 0.6 is 0 Å². The van der Waals surface area contributed by atoms with E-state index in [1.807, 2.05) is 36.4 Å². The molecule has 0 unspecified atom stereocenters. The molecule has 0 saturated carbocycles. The molecule has 152 valence electrons. The lowest BCUT2D eigenvalue weighted by Gasteiger charge is -2.13. The standard InChI is InChI=1S/C22H20N4O3S/c27-30(28,22-12-5-4-11-21(22)18-7-2-1-3-8-18)25-19-9-6-10-20(15-19)29-14-13-26-17-23-16-24-26/h1-12,15-17,25H,13-14H2. The molecule has 7 nitrogen and oxygen atoms in total. The van der Waals surface area contributed by atoms with Crippen LogP contribution in [-0.4, -0.2) is 29.8 Å². The van der Waals surface area contributed by atoms with E-state index in [1.54, 1.807) is 53.5 Å². The van der Waals surface area contributed by atoms with Crippen molar-refractivity contribution in [3.05, 3.63) is 91.5 Å². The zero-order valence-corrected chi connectivity index (χ0v) is 16.9. The average molecular weight is 420 g/mol. The number of ether oxygens (including phenoxy) is 1. The van der Waals surface area contributed by atoms with Gasteiger partial charge in [0.05, 0.1) is 17.1 Å². The van der Waals surface area contributed by atoms with Crippen LogP contribution < -0.4 is 9.46 Å². The Bertz CT molecular complexity index is 1210. The zero-order valence-electron chi connectivity index (χ0n) is 16.0. The molecule has 1 heterocycles. The Morgan fingerprint density at radius 3 is 2.53 bits per heavy atom. The largest absolute Gasteiger partial charge is 0.492 e. The van der Waals surface area contributed by atoms with Crippen LogP contribution in [-0.2, 0) is 16.6 Å². The molecule has 0 amide bonds. The van der Waals surface area contributed by atoms with Crippen molar-refractivity contribution in [1.29, 1.82) is 0 Å². The summed E-state index contributed by atoms with van der Waals surface area (Å²) in [5.74, 6) is 0.562. The Morgan fingerprint density at radius 2 is 1.73 bits per heavy atom. The van der Waals surface area contributed by atoms with Crippen molar-refractivity contribution >= 4 is 15.7 Å². The van der Waals surface area contributed by atoms with Gasteiger partial charge in [0.2, 0.25) is 0 Å². The third-order valence-corrected chi connectivity index (χ3v) is 5.84. The molecule has 8 heteroatoms. The Kier molecular flexibility index (Phi) is 5.76. The minimum atomic E-state index is -3.79. The van der Waals surface area contributed by atoms with Gasteiger partial charge in [0.25, 0.3) is 10.0 Å². The van der Waals surface area contributed by atoms with E-state index in [9.17, 15) is 8.42 Å². The SMILES string of the molecule is O=S(=O)(Nc1cccc(OCCn2cncn2)c1)c1ccccc1-c1ccccc1. The number of aromatic nitrogens is 3. The first-order chi connectivity index (χ1) is 14.6. The second-order valence-electron chi connectivity index (χ2n) is 6.50. The van der Waals surface area contributed by atoms with Gasteiger partial charge in [-0.2, -0.15) is 5.10 Å². The van der Waals surface area contributed by atoms with Gasteiger partial charge < -0.3 is 4.74 Å². The fraction of sp³-hybridized carbons (Fsp3) is 0.0909.